The molecule has 0 aliphatic rings. The number of amides is 1. The lowest BCUT2D eigenvalue weighted by Crippen LogP contribution is -2.25. The van der Waals surface area contributed by atoms with Crippen LogP contribution < -0.4 is 14.8 Å². The summed E-state index contributed by atoms with van der Waals surface area (Å²) in [5.74, 6) is -1.11. The number of benzene rings is 3. The molecule has 2 N–H and O–H groups in total. The molecule has 0 saturated carbocycles. The van der Waals surface area contributed by atoms with Crippen molar-refractivity contribution in [2.24, 2.45) is 0 Å². The molecule has 0 aliphatic carbocycles. The van der Waals surface area contributed by atoms with Crippen LogP contribution in [0.2, 0.25) is 5.02 Å². The van der Waals surface area contributed by atoms with Gasteiger partial charge >= 0.3 is 11.9 Å². The lowest BCUT2D eigenvalue weighted by Gasteiger charge is -2.15. The quantitative estimate of drug-likeness (QED) is 0.354. The van der Waals surface area contributed by atoms with Gasteiger partial charge in [-0.25, -0.2) is 9.18 Å². The van der Waals surface area contributed by atoms with E-state index in [1.165, 1.54) is 36.4 Å². The highest BCUT2D eigenvalue weighted by atomic mass is 35.5. The minimum Gasteiger partial charge on any atom is -0.508 e. The number of phenolic OH excluding ortho intramolecular Hbond substituents is 1. The topological polar surface area (TPSA) is 94.1 Å². The molecule has 0 unspecified atom stereocenters. The monoisotopic (exact) mass is 473 g/mol. The summed E-state index contributed by atoms with van der Waals surface area (Å²) < 4.78 is 29.2. The van der Waals surface area contributed by atoms with Crippen LogP contribution in [0.4, 0.5) is 10.1 Å². The molecular formula is C24H21ClFNO6. The summed E-state index contributed by atoms with van der Waals surface area (Å²) in [6.07, 6.45) is 0. The first-order valence-electron chi connectivity index (χ1n) is 9.93. The van der Waals surface area contributed by atoms with Gasteiger partial charge in [-0.1, -0.05) is 11.6 Å². The smallest absolute Gasteiger partial charge is 0.397 e. The maximum Gasteiger partial charge on any atom is 0.397 e. The zero-order valence-corrected chi connectivity index (χ0v) is 18.6. The van der Waals surface area contributed by atoms with Gasteiger partial charge in [-0.05, 0) is 74.0 Å². The minimum absolute atomic E-state index is 0.00399. The highest BCUT2D eigenvalue weighted by Crippen LogP contribution is 2.36. The van der Waals surface area contributed by atoms with Crippen LogP contribution in [-0.2, 0) is 20.9 Å². The van der Waals surface area contributed by atoms with Crippen LogP contribution in [0.25, 0.3) is 0 Å². The maximum absolute atomic E-state index is 13.0. The minimum atomic E-state index is -0.994. The fourth-order valence-electron chi connectivity index (χ4n) is 2.86. The lowest BCUT2D eigenvalue weighted by molar-refractivity contribution is -0.152. The zero-order chi connectivity index (χ0) is 24.0. The average Bonchev–Trinajstić information content (AvgIpc) is 2.77. The molecule has 172 valence electrons. The number of carbonyl (C=O) groups is 2. The normalized spacial score (nSPS) is 10.4. The summed E-state index contributed by atoms with van der Waals surface area (Å²) in [6, 6.07) is 13.2. The van der Waals surface area contributed by atoms with Crippen LogP contribution in [0.3, 0.4) is 0 Å². The average molecular weight is 474 g/mol. The van der Waals surface area contributed by atoms with Gasteiger partial charge in [0.15, 0.2) is 0 Å². The van der Waals surface area contributed by atoms with Crippen molar-refractivity contribution in [1.82, 2.24) is 0 Å². The van der Waals surface area contributed by atoms with Gasteiger partial charge < -0.3 is 24.6 Å². The molecule has 33 heavy (non-hydrogen) atoms. The summed E-state index contributed by atoms with van der Waals surface area (Å²) in [5.41, 5.74) is 1.35. The van der Waals surface area contributed by atoms with Crippen molar-refractivity contribution >= 4 is 29.2 Å². The molecule has 1 amide bonds. The molecule has 3 aromatic carbocycles. The van der Waals surface area contributed by atoms with E-state index in [0.29, 0.717) is 34.1 Å². The van der Waals surface area contributed by atoms with Gasteiger partial charge in [0.2, 0.25) is 0 Å². The second-order valence-electron chi connectivity index (χ2n) is 6.91. The Balaban J connectivity index is 1.73. The molecule has 0 radical (unpaired) electrons. The third kappa shape index (κ3) is 6.36. The van der Waals surface area contributed by atoms with E-state index in [0.717, 1.165) is 0 Å². The summed E-state index contributed by atoms with van der Waals surface area (Å²) in [5, 5.41) is 12.8. The molecule has 0 bridgehead atoms. The Morgan fingerprint density at radius 3 is 2.42 bits per heavy atom. The van der Waals surface area contributed by atoms with Crippen molar-refractivity contribution < 1.29 is 33.3 Å². The number of rotatable bonds is 7. The van der Waals surface area contributed by atoms with Crippen molar-refractivity contribution in [2.45, 2.75) is 20.5 Å². The van der Waals surface area contributed by atoms with Gasteiger partial charge in [-0.2, -0.15) is 0 Å². The summed E-state index contributed by atoms with van der Waals surface area (Å²) in [7, 11) is 0. The molecule has 0 saturated heterocycles. The third-order valence-electron chi connectivity index (χ3n) is 4.43. The Bertz CT molecular complexity index is 1140. The molecule has 0 spiro atoms. The Labute approximate surface area is 194 Å². The number of aryl methyl sites for hydroxylation is 1. The van der Waals surface area contributed by atoms with Gasteiger partial charge in [-0.3, -0.25) is 4.79 Å². The largest absolute Gasteiger partial charge is 0.508 e. The Kier molecular flexibility index (Phi) is 7.74. The Morgan fingerprint density at radius 2 is 1.76 bits per heavy atom. The molecule has 7 nitrogen and oxygen atoms in total. The zero-order valence-electron chi connectivity index (χ0n) is 17.9. The molecule has 0 atom stereocenters. The van der Waals surface area contributed by atoms with Crippen molar-refractivity contribution in [3.63, 3.8) is 0 Å². The standard InChI is InChI=1S/C24H21ClFNO6/c1-3-31-24(30)23(29)27-17-10-14(2)22(20(25)12-17)33-19-8-9-21(28)15(11-19)13-32-18-6-4-16(26)5-7-18/h4-12,28H,3,13H2,1-2H3,(H,27,29). The first kappa shape index (κ1) is 23.9. The Morgan fingerprint density at radius 1 is 1.06 bits per heavy atom. The first-order chi connectivity index (χ1) is 15.8. The van der Waals surface area contributed by atoms with Gasteiger partial charge in [0, 0.05) is 11.3 Å². The number of nitrogens with one attached hydrogen (secondary N) is 1. The van der Waals surface area contributed by atoms with E-state index in [4.69, 9.17) is 21.1 Å². The SMILES string of the molecule is CCOC(=O)C(=O)Nc1cc(C)c(Oc2ccc(O)c(COc3ccc(F)cc3)c2)c(Cl)c1. The number of carbonyl (C=O) groups excluding carboxylic acids is 2. The van der Waals surface area contributed by atoms with Gasteiger partial charge in [0.25, 0.3) is 0 Å². The van der Waals surface area contributed by atoms with E-state index in [9.17, 15) is 19.1 Å². The molecule has 0 aliphatic heterocycles. The van der Waals surface area contributed by atoms with Gasteiger partial charge in [-0.15, -0.1) is 0 Å². The van der Waals surface area contributed by atoms with Crippen LogP contribution in [0.5, 0.6) is 23.0 Å². The van der Waals surface area contributed by atoms with E-state index < -0.39 is 11.9 Å². The van der Waals surface area contributed by atoms with Crippen LogP contribution in [0, 0.1) is 12.7 Å². The van der Waals surface area contributed by atoms with E-state index in [1.54, 1.807) is 32.0 Å². The van der Waals surface area contributed by atoms with E-state index >= 15 is 0 Å². The highest BCUT2D eigenvalue weighted by molar-refractivity contribution is 6.37. The summed E-state index contributed by atoms with van der Waals surface area (Å²) >= 11 is 6.34. The van der Waals surface area contributed by atoms with Gasteiger partial charge in [0.05, 0.1) is 11.6 Å². The highest BCUT2D eigenvalue weighted by Gasteiger charge is 2.17. The third-order valence-corrected chi connectivity index (χ3v) is 4.71. The maximum atomic E-state index is 13.0. The first-order valence-corrected chi connectivity index (χ1v) is 10.3. The van der Waals surface area contributed by atoms with Crippen LogP contribution >= 0.6 is 11.6 Å². The van der Waals surface area contributed by atoms with E-state index in [2.05, 4.69) is 10.1 Å². The number of hydrogen-bond acceptors (Lipinski definition) is 6. The molecule has 9 heteroatoms. The number of halogens is 2. The second kappa shape index (κ2) is 10.7. The van der Waals surface area contributed by atoms with Crippen molar-refractivity contribution in [1.29, 1.82) is 0 Å². The molecule has 3 aromatic rings. The molecule has 0 aromatic heterocycles. The number of ether oxygens (including phenoxy) is 3. The van der Waals surface area contributed by atoms with E-state index in [-0.39, 0.29) is 29.8 Å². The number of anilines is 1. The number of esters is 1. The van der Waals surface area contributed by atoms with Crippen LogP contribution in [-0.4, -0.2) is 23.6 Å². The number of phenols is 1. The summed E-state index contributed by atoms with van der Waals surface area (Å²) in [6.45, 7) is 3.44. The summed E-state index contributed by atoms with van der Waals surface area (Å²) in [4.78, 5) is 23.3. The fourth-order valence-corrected chi connectivity index (χ4v) is 3.17. The predicted octanol–water partition coefficient (Wildman–Crippen LogP) is 5.37. The van der Waals surface area contributed by atoms with Gasteiger partial charge in [0.1, 0.15) is 35.4 Å². The lowest BCUT2D eigenvalue weighted by atomic mass is 10.1. The fraction of sp³-hybridized carbons (Fsp3) is 0.167. The van der Waals surface area contributed by atoms with E-state index in [1.807, 2.05) is 0 Å². The molecule has 0 fully saturated rings. The number of aromatic hydroxyl groups is 1. The predicted molar refractivity (Wildman–Crippen MR) is 120 cm³/mol. The van der Waals surface area contributed by atoms with Crippen molar-refractivity contribution in [3.05, 3.63) is 76.6 Å². The molecular weight excluding hydrogens is 453 g/mol. The van der Waals surface area contributed by atoms with Crippen molar-refractivity contribution in [2.75, 3.05) is 11.9 Å². The Hall–Kier alpha value is -3.78. The number of hydrogen-bond donors (Lipinski definition) is 2. The van der Waals surface area contributed by atoms with Crippen molar-refractivity contribution in [3.8, 4) is 23.0 Å². The second-order valence-corrected chi connectivity index (χ2v) is 7.32. The molecule has 0 heterocycles. The molecule has 3 rings (SSSR count). The van der Waals surface area contributed by atoms with Crippen LogP contribution in [0.1, 0.15) is 18.1 Å². The van der Waals surface area contributed by atoms with Crippen LogP contribution in [0.15, 0.2) is 54.6 Å².